The zero-order valence-electron chi connectivity index (χ0n) is 25.1. The highest BCUT2D eigenvalue weighted by atomic mass is 16.5. The lowest BCUT2D eigenvalue weighted by Gasteiger charge is -2.06. The second-order valence-corrected chi connectivity index (χ2v) is 9.67. The zero-order valence-corrected chi connectivity index (χ0v) is 25.1. The van der Waals surface area contributed by atoms with E-state index in [1.54, 1.807) is 56.6 Å². The number of carbonyl (C=O) groups excluding carboxylic acids is 2. The molecule has 0 amide bonds. The Morgan fingerprint density at radius 2 is 1.49 bits per heavy atom. The third-order valence-corrected chi connectivity index (χ3v) is 6.68. The number of aliphatic hydroxyl groups is 1. The Balaban J connectivity index is 1.47. The monoisotopic (exact) mass is 617 g/mol. The molecule has 45 heavy (non-hydrogen) atoms. The third kappa shape index (κ3) is 5.51. The Morgan fingerprint density at radius 3 is 2.04 bits per heavy atom. The van der Waals surface area contributed by atoms with E-state index in [4.69, 9.17) is 16.2 Å². The highest BCUT2D eigenvalue weighted by molar-refractivity contribution is 6.00. The number of nitrogen functional groups attached to an aromatic ring is 2. The summed E-state index contributed by atoms with van der Waals surface area (Å²) in [5.74, 6) is -0.0621. The number of methoxy groups -OCH3 is 1. The normalized spacial score (nSPS) is 11.7. The molecule has 0 saturated heterocycles. The zero-order chi connectivity index (χ0) is 32.6. The fourth-order valence-electron chi connectivity index (χ4n) is 4.29. The smallest absolute Gasteiger partial charge is 0.385 e. The first-order chi connectivity index (χ1) is 21.4. The van der Waals surface area contributed by atoms with E-state index in [2.05, 4.69) is 45.7 Å². The highest BCUT2D eigenvalue weighted by Crippen LogP contribution is 2.33. The summed E-state index contributed by atoms with van der Waals surface area (Å²) in [5, 5.41) is 39.0. The van der Waals surface area contributed by atoms with Gasteiger partial charge in [0.2, 0.25) is 5.82 Å². The van der Waals surface area contributed by atoms with Gasteiger partial charge in [-0.3, -0.25) is 9.48 Å². The maximum Gasteiger partial charge on any atom is 0.385 e. The van der Waals surface area contributed by atoms with Crippen molar-refractivity contribution in [2.45, 2.75) is 13.8 Å². The summed E-state index contributed by atoms with van der Waals surface area (Å²) in [4.78, 5) is 32.8. The molecule has 0 fully saturated rings. The number of aryl methyl sites for hydroxylation is 4. The second-order valence-electron chi connectivity index (χ2n) is 9.67. The first-order valence-electron chi connectivity index (χ1n) is 13.1. The lowest BCUT2D eigenvalue weighted by molar-refractivity contribution is -0.739. The molecule has 0 aliphatic carbocycles. The van der Waals surface area contributed by atoms with E-state index in [0.29, 0.717) is 11.4 Å². The molecule has 5 rings (SSSR count). The van der Waals surface area contributed by atoms with E-state index >= 15 is 0 Å². The van der Waals surface area contributed by atoms with Crippen molar-refractivity contribution >= 4 is 46.4 Å². The number of rotatable bonds is 9. The molecular weight excluding hydrogens is 588 g/mol. The fraction of sp³-hybridized carbons (Fsp3) is 0.280. The van der Waals surface area contributed by atoms with Crippen LogP contribution in [0.4, 0.5) is 34.6 Å². The van der Waals surface area contributed by atoms with E-state index in [1.807, 2.05) is 0 Å². The van der Waals surface area contributed by atoms with E-state index in [0.717, 1.165) is 0 Å². The fourth-order valence-corrected chi connectivity index (χ4v) is 4.29. The number of hydrogen-bond acceptors (Lipinski definition) is 15. The Kier molecular flexibility index (Phi) is 7.96. The number of nitrogens with two attached hydrogens (primary N) is 2. The molecule has 20 nitrogen and oxygen atoms in total. The van der Waals surface area contributed by atoms with Gasteiger partial charge in [-0.15, -0.1) is 10.2 Å². The van der Waals surface area contributed by atoms with Crippen molar-refractivity contribution in [3.63, 3.8) is 0 Å². The van der Waals surface area contributed by atoms with Crippen molar-refractivity contribution in [2.75, 3.05) is 25.2 Å². The molecule has 0 bridgehead atoms. The molecule has 0 saturated carbocycles. The van der Waals surface area contributed by atoms with Gasteiger partial charge in [0.25, 0.3) is 0 Å². The number of ether oxygens (including phenoxy) is 1. The number of anilines is 2. The van der Waals surface area contributed by atoms with Crippen molar-refractivity contribution in [1.29, 1.82) is 0 Å². The van der Waals surface area contributed by atoms with Crippen LogP contribution in [0.1, 0.15) is 32.1 Å². The molecule has 5 heterocycles. The van der Waals surface area contributed by atoms with Gasteiger partial charge in [0.1, 0.15) is 20.0 Å². The minimum atomic E-state index is -0.698. The molecule has 232 valence electrons. The summed E-state index contributed by atoms with van der Waals surface area (Å²) >= 11 is 0. The Bertz CT molecular complexity index is 2010. The largest absolute Gasteiger partial charge is 0.465 e. The number of aliphatic hydroxyl groups excluding tert-OH is 1. The first-order valence-corrected chi connectivity index (χ1v) is 13.1. The van der Waals surface area contributed by atoms with Gasteiger partial charge in [0.15, 0.2) is 46.0 Å². The maximum atomic E-state index is 12.2. The van der Waals surface area contributed by atoms with Crippen LogP contribution in [0.15, 0.2) is 45.2 Å². The highest BCUT2D eigenvalue weighted by Gasteiger charge is 2.27. The number of carbonyl (C=O) groups is 2. The topological polar surface area (TPSA) is 253 Å². The van der Waals surface area contributed by atoms with Crippen LogP contribution in [-0.2, 0) is 25.9 Å². The summed E-state index contributed by atoms with van der Waals surface area (Å²) in [7, 11) is 6.35. The molecule has 0 aromatic carbocycles. The predicted molar refractivity (Wildman–Crippen MR) is 155 cm³/mol. The van der Waals surface area contributed by atoms with Gasteiger partial charge >= 0.3 is 11.8 Å². The molecule has 0 radical (unpaired) electrons. The van der Waals surface area contributed by atoms with Crippen molar-refractivity contribution < 1.29 is 24.1 Å². The summed E-state index contributed by atoms with van der Waals surface area (Å²) in [6, 6.07) is 1.55. The quantitative estimate of drug-likeness (QED) is 0.0919. The molecular formula is C25H29N16O4+. The minimum absolute atomic E-state index is 0.0208. The number of Topliss-reactive ketones (excluding diaryl/α,β-unsaturated/α-hetero) is 1. The number of aromatic nitrogens is 10. The average molecular weight is 618 g/mol. The molecule has 0 unspecified atom stereocenters. The van der Waals surface area contributed by atoms with Crippen LogP contribution in [0.2, 0.25) is 0 Å². The van der Waals surface area contributed by atoms with Gasteiger partial charge in [-0.05, 0) is 19.0 Å². The standard InChI is InChI=1S/C25H28N16O4/c1-12-19(30-32-23-14(16(43)10-42)8-37(3)36-23)21(26)40(34-12)17-7-18(29-11-28-17)41-22(27)20(13(2)35-41)31-33-24-15(25(44)45-6)9-38(4)39(24)5/h7-9,11,27,42H,10H2,1-6H3,(H2,26,32,34,36)/p+1. The summed E-state index contributed by atoms with van der Waals surface area (Å²) in [6.45, 7) is 2.67. The van der Waals surface area contributed by atoms with Gasteiger partial charge in [0, 0.05) is 26.4 Å². The van der Waals surface area contributed by atoms with Gasteiger partial charge in [0.05, 0.1) is 35.4 Å². The van der Waals surface area contributed by atoms with Crippen LogP contribution in [0.5, 0.6) is 0 Å². The predicted octanol–water partition coefficient (Wildman–Crippen LogP) is 1.32. The molecule has 5 N–H and O–H groups in total. The third-order valence-electron chi connectivity index (χ3n) is 6.68. The SMILES string of the molecule is COC(=O)c1cn(C)[n+](C)c1N=Nc1c(C)nn(-c2cc(-n3nc(C)c(N=Nc4nn(C)cc4C(=O)CO)c3N)ncn2)c1N. The van der Waals surface area contributed by atoms with Crippen molar-refractivity contribution in [3.05, 3.63) is 47.3 Å². The molecule has 0 aliphatic heterocycles. The van der Waals surface area contributed by atoms with Crippen LogP contribution < -0.4 is 16.1 Å². The Morgan fingerprint density at radius 1 is 0.911 bits per heavy atom. The van der Waals surface area contributed by atoms with E-state index in [1.165, 1.54) is 33.7 Å². The molecule has 0 spiro atoms. The van der Waals surface area contributed by atoms with Gasteiger partial charge in [-0.2, -0.15) is 29.3 Å². The molecule has 0 atom stereocenters. The lowest BCUT2D eigenvalue weighted by atomic mass is 10.2. The van der Waals surface area contributed by atoms with Crippen molar-refractivity contribution in [1.82, 2.24) is 44.0 Å². The Labute approximate surface area is 254 Å². The molecule has 5 aromatic heterocycles. The summed E-state index contributed by atoms with van der Waals surface area (Å²) in [6.07, 6.45) is 4.30. The van der Waals surface area contributed by atoms with Crippen molar-refractivity contribution in [3.8, 4) is 11.6 Å². The van der Waals surface area contributed by atoms with E-state index in [-0.39, 0.29) is 57.4 Å². The number of hydrogen-bond donors (Lipinski definition) is 3. The number of ketones is 1. The maximum absolute atomic E-state index is 12.2. The number of azo groups is 2. The molecule has 20 heteroatoms. The summed E-state index contributed by atoms with van der Waals surface area (Å²) in [5.41, 5.74) is 14.5. The first kappa shape index (κ1) is 30.3. The second kappa shape index (κ2) is 11.8. The molecule has 0 aliphatic rings. The summed E-state index contributed by atoms with van der Waals surface area (Å²) < 4.78 is 12.2. The minimum Gasteiger partial charge on any atom is -0.465 e. The van der Waals surface area contributed by atoms with Crippen LogP contribution in [0, 0.1) is 13.8 Å². The van der Waals surface area contributed by atoms with E-state index in [9.17, 15) is 14.7 Å². The van der Waals surface area contributed by atoms with Gasteiger partial charge in [-0.1, -0.05) is 0 Å². The molecule has 5 aromatic rings. The van der Waals surface area contributed by atoms with Crippen LogP contribution in [0.25, 0.3) is 11.6 Å². The average Bonchev–Trinajstić information content (AvgIpc) is 3.72. The van der Waals surface area contributed by atoms with Gasteiger partial charge < -0.3 is 21.3 Å². The number of nitrogens with zero attached hydrogens (tertiary/aromatic N) is 14. The van der Waals surface area contributed by atoms with Crippen LogP contribution in [0.3, 0.4) is 0 Å². The van der Waals surface area contributed by atoms with Gasteiger partial charge in [-0.25, -0.2) is 19.4 Å². The van der Waals surface area contributed by atoms with Crippen LogP contribution >= 0.6 is 0 Å². The number of esters is 1. The van der Waals surface area contributed by atoms with Crippen molar-refractivity contribution in [2.24, 2.45) is 41.6 Å². The van der Waals surface area contributed by atoms with E-state index < -0.39 is 18.4 Å². The van der Waals surface area contributed by atoms with Crippen LogP contribution in [-0.4, -0.2) is 74.6 Å². The lowest BCUT2D eigenvalue weighted by Crippen LogP contribution is -2.36. The Hall–Kier alpha value is -6.18.